The van der Waals surface area contributed by atoms with Gasteiger partial charge in [-0.2, -0.15) is 0 Å². The Morgan fingerprint density at radius 1 is 1.17 bits per heavy atom. The minimum atomic E-state index is -0.452. The van der Waals surface area contributed by atoms with Crippen molar-refractivity contribution in [1.29, 1.82) is 0 Å². The number of anilines is 1. The summed E-state index contributed by atoms with van der Waals surface area (Å²) in [5, 5.41) is 2.68. The van der Waals surface area contributed by atoms with Gasteiger partial charge < -0.3 is 15.0 Å². The van der Waals surface area contributed by atoms with Crippen LogP contribution in [0.2, 0.25) is 0 Å². The van der Waals surface area contributed by atoms with Gasteiger partial charge in [-0.3, -0.25) is 0 Å². The molecule has 6 heteroatoms. The fourth-order valence-corrected chi connectivity index (χ4v) is 2.15. The molecular weight excluding hydrogens is 302 g/mol. The van der Waals surface area contributed by atoms with Gasteiger partial charge in [0.2, 0.25) is 0 Å². The van der Waals surface area contributed by atoms with Crippen molar-refractivity contribution in [3.05, 3.63) is 59.7 Å². The Morgan fingerprint density at radius 2 is 1.91 bits per heavy atom. The maximum Gasteiger partial charge on any atom is 0.322 e. The maximum absolute atomic E-state index is 13.2. The molecule has 122 valence electrons. The number of halogens is 2. The highest BCUT2D eigenvalue weighted by molar-refractivity contribution is 5.90. The lowest BCUT2D eigenvalue weighted by Crippen LogP contribution is -2.34. The Bertz CT molecular complexity index is 692. The van der Waals surface area contributed by atoms with Gasteiger partial charge >= 0.3 is 6.03 Å². The third-order valence-electron chi connectivity index (χ3n) is 3.34. The van der Waals surface area contributed by atoms with E-state index in [9.17, 15) is 13.6 Å². The third-order valence-corrected chi connectivity index (χ3v) is 3.34. The number of ether oxygens (including phenoxy) is 1. The van der Waals surface area contributed by atoms with Crippen molar-refractivity contribution in [2.75, 3.05) is 19.0 Å². The number of methoxy groups -OCH3 is 1. The molecule has 1 N–H and O–H groups in total. The molecule has 0 unspecified atom stereocenters. The summed E-state index contributed by atoms with van der Waals surface area (Å²) in [6, 6.07) is 9.57. The van der Waals surface area contributed by atoms with Crippen LogP contribution in [0.15, 0.2) is 42.5 Å². The predicted octanol–water partition coefficient (Wildman–Crippen LogP) is 4.03. The molecule has 0 heterocycles. The SMILES string of the molecule is CCN(Cc1cccc(F)c1)C(=O)Nc1ccc(F)cc1OC. The zero-order valence-electron chi connectivity index (χ0n) is 13.0. The zero-order valence-corrected chi connectivity index (χ0v) is 13.0. The summed E-state index contributed by atoms with van der Waals surface area (Å²) in [6.07, 6.45) is 0. The Kier molecular flexibility index (Phi) is 5.51. The van der Waals surface area contributed by atoms with Crippen molar-refractivity contribution in [3.8, 4) is 5.75 Å². The summed E-state index contributed by atoms with van der Waals surface area (Å²) in [4.78, 5) is 13.9. The molecule has 0 spiro atoms. The molecule has 0 bridgehead atoms. The molecule has 0 aromatic heterocycles. The predicted molar refractivity (Wildman–Crippen MR) is 84.5 cm³/mol. The van der Waals surface area contributed by atoms with Crippen LogP contribution in [0.5, 0.6) is 5.75 Å². The molecule has 2 amide bonds. The molecule has 0 radical (unpaired) electrons. The Hall–Kier alpha value is -2.63. The number of hydrogen-bond acceptors (Lipinski definition) is 2. The fourth-order valence-electron chi connectivity index (χ4n) is 2.15. The van der Waals surface area contributed by atoms with Crippen LogP contribution in [-0.2, 0) is 6.54 Å². The minimum Gasteiger partial charge on any atom is -0.494 e. The van der Waals surface area contributed by atoms with Gasteiger partial charge in [-0.1, -0.05) is 12.1 Å². The lowest BCUT2D eigenvalue weighted by molar-refractivity contribution is 0.212. The van der Waals surface area contributed by atoms with Gasteiger partial charge in [-0.05, 0) is 36.8 Å². The van der Waals surface area contributed by atoms with Gasteiger partial charge in [0, 0.05) is 19.2 Å². The van der Waals surface area contributed by atoms with E-state index in [0.29, 0.717) is 17.8 Å². The van der Waals surface area contributed by atoms with Crippen molar-refractivity contribution in [2.45, 2.75) is 13.5 Å². The molecule has 23 heavy (non-hydrogen) atoms. The molecular formula is C17H18F2N2O2. The van der Waals surface area contributed by atoms with Gasteiger partial charge in [0.25, 0.3) is 0 Å². The number of carbonyl (C=O) groups excluding carboxylic acids is 1. The van der Waals surface area contributed by atoms with Crippen LogP contribution in [-0.4, -0.2) is 24.6 Å². The number of benzene rings is 2. The molecule has 0 saturated heterocycles. The number of nitrogens with zero attached hydrogens (tertiary/aromatic N) is 1. The fraction of sp³-hybridized carbons (Fsp3) is 0.235. The first-order chi connectivity index (χ1) is 11.0. The Morgan fingerprint density at radius 3 is 2.57 bits per heavy atom. The summed E-state index contributed by atoms with van der Waals surface area (Å²) in [7, 11) is 1.40. The number of urea groups is 1. The highest BCUT2D eigenvalue weighted by Gasteiger charge is 2.15. The number of carbonyl (C=O) groups is 1. The van der Waals surface area contributed by atoms with E-state index in [4.69, 9.17) is 4.74 Å². The van der Waals surface area contributed by atoms with Crippen LogP contribution in [0, 0.1) is 11.6 Å². The van der Waals surface area contributed by atoms with Gasteiger partial charge in [0.1, 0.15) is 17.4 Å². The monoisotopic (exact) mass is 320 g/mol. The number of hydrogen-bond donors (Lipinski definition) is 1. The lowest BCUT2D eigenvalue weighted by Gasteiger charge is -2.22. The number of nitrogens with one attached hydrogen (secondary N) is 1. The molecule has 0 atom stereocenters. The minimum absolute atomic E-state index is 0.236. The largest absolute Gasteiger partial charge is 0.494 e. The van der Waals surface area contributed by atoms with Crippen LogP contribution in [0.25, 0.3) is 0 Å². The van der Waals surface area contributed by atoms with E-state index >= 15 is 0 Å². The standard InChI is InChI=1S/C17H18F2N2O2/c1-3-21(11-12-5-4-6-13(18)9-12)17(22)20-15-8-7-14(19)10-16(15)23-2/h4-10H,3,11H2,1-2H3,(H,20,22). The number of amides is 2. The first-order valence-corrected chi connectivity index (χ1v) is 7.17. The Labute approximate surface area is 133 Å². The molecule has 0 aliphatic carbocycles. The highest BCUT2D eigenvalue weighted by Crippen LogP contribution is 2.25. The smallest absolute Gasteiger partial charge is 0.322 e. The van der Waals surface area contributed by atoms with Crippen LogP contribution >= 0.6 is 0 Å². The average Bonchev–Trinajstić information content (AvgIpc) is 2.54. The topological polar surface area (TPSA) is 41.6 Å². The van der Waals surface area contributed by atoms with Crippen LogP contribution in [0.1, 0.15) is 12.5 Å². The molecule has 2 aromatic rings. The third kappa shape index (κ3) is 4.42. The van der Waals surface area contributed by atoms with E-state index in [1.807, 2.05) is 6.92 Å². The first kappa shape index (κ1) is 16.7. The maximum atomic E-state index is 13.2. The molecule has 4 nitrogen and oxygen atoms in total. The first-order valence-electron chi connectivity index (χ1n) is 7.17. The quantitative estimate of drug-likeness (QED) is 0.904. The van der Waals surface area contributed by atoms with Crippen LogP contribution in [0.4, 0.5) is 19.3 Å². The van der Waals surface area contributed by atoms with Crippen LogP contribution in [0.3, 0.4) is 0 Å². The van der Waals surface area contributed by atoms with Gasteiger partial charge in [0.15, 0.2) is 0 Å². The van der Waals surface area contributed by atoms with Gasteiger partial charge in [-0.15, -0.1) is 0 Å². The van der Waals surface area contributed by atoms with Crippen molar-refractivity contribution in [2.24, 2.45) is 0 Å². The normalized spacial score (nSPS) is 10.3. The number of rotatable bonds is 5. The van der Waals surface area contributed by atoms with E-state index < -0.39 is 5.82 Å². The molecule has 0 saturated carbocycles. The summed E-state index contributed by atoms with van der Waals surface area (Å²) in [6.45, 7) is 2.52. The molecule has 2 aromatic carbocycles. The summed E-state index contributed by atoms with van der Waals surface area (Å²) in [5.41, 5.74) is 1.06. The van der Waals surface area contributed by atoms with Crippen molar-refractivity contribution >= 4 is 11.7 Å². The van der Waals surface area contributed by atoms with E-state index in [-0.39, 0.29) is 24.1 Å². The van der Waals surface area contributed by atoms with Crippen molar-refractivity contribution in [3.63, 3.8) is 0 Å². The summed E-state index contributed by atoms with van der Waals surface area (Å²) >= 11 is 0. The second-order valence-corrected chi connectivity index (χ2v) is 4.92. The Balaban J connectivity index is 2.11. The van der Waals surface area contributed by atoms with Crippen LogP contribution < -0.4 is 10.1 Å². The van der Waals surface area contributed by atoms with E-state index in [1.165, 1.54) is 42.3 Å². The second-order valence-electron chi connectivity index (χ2n) is 4.92. The molecule has 2 rings (SSSR count). The van der Waals surface area contributed by atoms with E-state index in [2.05, 4.69) is 5.32 Å². The van der Waals surface area contributed by atoms with Gasteiger partial charge in [-0.25, -0.2) is 13.6 Å². The van der Waals surface area contributed by atoms with Crippen molar-refractivity contribution in [1.82, 2.24) is 4.90 Å². The average molecular weight is 320 g/mol. The second kappa shape index (κ2) is 7.58. The lowest BCUT2D eigenvalue weighted by atomic mass is 10.2. The highest BCUT2D eigenvalue weighted by atomic mass is 19.1. The summed E-state index contributed by atoms with van der Waals surface area (Å²) in [5.74, 6) is -0.564. The van der Waals surface area contributed by atoms with E-state index in [0.717, 1.165) is 0 Å². The zero-order chi connectivity index (χ0) is 16.8. The molecule has 0 fully saturated rings. The van der Waals surface area contributed by atoms with Gasteiger partial charge in [0.05, 0.1) is 12.8 Å². The van der Waals surface area contributed by atoms with E-state index in [1.54, 1.807) is 12.1 Å². The molecule has 0 aliphatic heterocycles. The summed E-state index contributed by atoms with van der Waals surface area (Å²) < 4.78 is 31.5. The van der Waals surface area contributed by atoms with Crippen molar-refractivity contribution < 1.29 is 18.3 Å². The molecule has 0 aliphatic rings.